The van der Waals surface area contributed by atoms with Gasteiger partial charge in [-0.25, -0.2) is 4.98 Å². The number of hydrogen-bond donors (Lipinski definition) is 2. The van der Waals surface area contributed by atoms with Crippen molar-refractivity contribution in [3.05, 3.63) is 47.8 Å². The van der Waals surface area contributed by atoms with Gasteiger partial charge in [-0.3, -0.25) is 4.79 Å². The smallest absolute Gasteiger partial charge is 0.270 e. The summed E-state index contributed by atoms with van der Waals surface area (Å²) in [7, 11) is 3.59. The van der Waals surface area contributed by atoms with Crippen molar-refractivity contribution in [2.24, 2.45) is 5.92 Å². The average Bonchev–Trinajstić information content (AvgIpc) is 3.54. The maximum absolute atomic E-state index is 13.0. The van der Waals surface area contributed by atoms with Crippen LogP contribution in [-0.2, 0) is 5.54 Å². The molecule has 2 aliphatic rings. The molecule has 0 bridgehead atoms. The molecule has 1 aliphatic carbocycles. The molecule has 0 radical (unpaired) electrons. The van der Waals surface area contributed by atoms with Crippen LogP contribution < -0.4 is 10.6 Å². The fourth-order valence-corrected chi connectivity index (χ4v) is 5.20. The average molecular weight is 447 g/mol. The van der Waals surface area contributed by atoms with E-state index in [2.05, 4.69) is 58.3 Å². The van der Waals surface area contributed by atoms with Gasteiger partial charge in [-0.05, 0) is 74.4 Å². The topological polar surface area (TPSA) is 75.1 Å². The zero-order valence-electron chi connectivity index (χ0n) is 20.1. The van der Waals surface area contributed by atoms with E-state index in [1.807, 2.05) is 12.3 Å². The number of aromatic nitrogens is 3. The van der Waals surface area contributed by atoms with Crippen molar-refractivity contribution in [3.8, 4) is 0 Å². The Morgan fingerprint density at radius 3 is 2.48 bits per heavy atom. The third-order valence-electron chi connectivity index (χ3n) is 7.43. The molecule has 2 fully saturated rings. The summed E-state index contributed by atoms with van der Waals surface area (Å²) in [6.07, 6.45) is 6.33. The predicted molar refractivity (Wildman–Crippen MR) is 132 cm³/mol. The van der Waals surface area contributed by atoms with Crippen LogP contribution in [0.25, 0.3) is 11.0 Å². The Bertz CT molecular complexity index is 1150. The van der Waals surface area contributed by atoms with Gasteiger partial charge >= 0.3 is 0 Å². The minimum Gasteiger partial charge on any atom is -0.343 e. The molecule has 1 aliphatic heterocycles. The van der Waals surface area contributed by atoms with Gasteiger partial charge in [-0.2, -0.15) is 4.98 Å². The van der Waals surface area contributed by atoms with Gasteiger partial charge in [-0.1, -0.05) is 26.0 Å². The second-order valence-electron chi connectivity index (χ2n) is 10.1. The number of nitrogens with zero attached hydrogens (tertiary/aromatic N) is 4. The van der Waals surface area contributed by atoms with Crippen molar-refractivity contribution < 1.29 is 4.79 Å². The van der Waals surface area contributed by atoms with Crippen molar-refractivity contribution in [3.63, 3.8) is 0 Å². The molecule has 1 amide bonds. The Hall–Kier alpha value is -2.93. The number of piperidine rings is 1. The molecule has 174 valence electrons. The number of carbonyl (C=O) groups is 1. The van der Waals surface area contributed by atoms with Crippen LogP contribution in [0, 0.1) is 5.92 Å². The van der Waals surface area contributed by atoms with E-state index < -0.39 is 0 Å². The Balaban J connectivity index is 1.47. The first kappa shape index (κ1) is 21.9. The second-order valence-corrected chi connectivity index (χ2v) is 10.1. The van der Waals surface area contributed by atoms with Gasteiger partial charge < -0.3 is 20.1 Å². The van der Waals surface area contributed by atoms with E-state index in [0.717, 1.165) is 42.7 Å². The zero-order chi connectivity index (χ0) is 23.2. The lowest BCUT2D eigenvalue weighted by molar-refractivity contribution is 0.0812. The van der Waals surface area contributed by atoms with Crippen molar-refractivity contribution in [2.75, 3.05) is 32.5 Å². The highest BCUT2D eigenvalue weighted by molar-refractivity contribution is 5.98. The first-order valence-electron chi connectivity index (χ1n) is 12.1. The molecule has 0 unspecified atom stereocenters. The quantitative estimate of drug-likeness (QED) is 0.584. The first-order valence-corrected chi connectivity index (χ1v) is 12.1. The third-order valence-corrected chi connectivity index (χ3v) is 7.43. The highest BCUT2D eigenvalue weighted by Crippen LogP contribution is 2.52. The Morgan fingerprint density at radius 2 is 1.88 bits per heavy atom. The number of anilines is 2. The molecular weight excluding hydrogens is 412 g/mol. The van der Waals surface area contributed by atoms with E-state index in [4.69, 9.17) is 4.98 Å². The van der Waals surface area contributed by atoms with Crippen LogP contribution in [0.4, 0.5) is 11.6 Å². The molecule has 0 spiro atoms. The van der Waals surface area contributed by atoms with E-state index in [1.165, 1.54) is 18.4 Å². The second kappa shape index (κ2) is 8.45. The molecule has 1 saturated carbocycles. The van der Waals surface area contributed by atoms with Crippen LogP contribution in [0.2, 0.25) is 0 Å². The molecule has 3 heterocycles. The SMILES string of the molecule is CC(C)C1(n2c(C(=O)N(C)C)cc3cnc(Nc4ccc(C5CCNCC5)cc4)nc32)CC1. The third kappa shape index (κ3) is 3.99. The summed E-state index contributed by atoms with van der Waals surface area (Å²) in [5, 5.41) is 7.70. The molecule has 1 saturated heterocycles. The Kier molecular flexibility index (Phi) is 5.60. The number of rotatable bonds is 6. The summed E-state index contributed by atoms with van der Waals surface area (Å²) in [6, 6.07) is 10.6. The van der Waals surface area contributed by atoms with Gasteiger partial charge in [0.15, 0.2) is 0 Å². The van der Waals surface area contributed by atoms with Gasteiger partial charge in [0.1, 0.15) is 11.3 Å². The summed E-state index contributed by atoms with van der Waals surface area (Å²) in [4.78, 5) is 24.1. The predicted octanol–water partition coefficient (Wildman–Crippen LogP) is 4.49. The van der Waals surface area contributed by atoms with Crippen LogP contribution >= 0.6 is 0 Å². The molecular formula is C26H34N6O. The number of carbonyl (C=O) groups excluding carboxylic acids is 1. The number of hydrogen-bond acceptors (Lipinski definition) is 5. The largest absolute Gasteiger partial charge is 0.343 e. The molecule has 33 heavy (non-hydrogen) atoms. The molecule has 2 N–H and O–H groups in total. The summed E-state index contributed by atoms with van der Waals surface area (Å²) >= 11 is 0. The monoisotopic (exact) mass is 446 g/mol. The van der Waals surface area contributed by atoms with Gasteiger partial charge in [0.25, 0.3) is 5.91 Å². The molecule has 7 heteroatoms. The fourth-order valence-electron chi connectivity index (χ4n) is 5.20. The van der Waals surface area contributed by atoms with Crippen LogP contribution in [0.15, 0.2) is 36.5 Å². The summed E-state index contributed by atoms with van der Waals surface area (Å²) in [6.45, 7) is 6.64. The Morgan fingerprint density at radius 1 is 1.18 bits per heavy atom. The molecule has 2 aromatic heterocycles. The highest BCUT2D eigenvalue weighted by Gasteiger charge is 2.49. The van der Waals surface area contributed by atoms with E-state index in [1.54, 1.807) is 19.0 Å². The van der Waals surface area contributed by atoms with E-state index in [0.29, 0.717) is 23.5 Å². The van der Waals surface area contributed by atoms with E-state index in [-0.39, 0.29) is 11.4 Å². The lowest BCUT2D eigenvalue weighted by atomic mass is 9.90. The summed E-state index contributed by atoms with van der Waals surface area (Å²) < 4.78 is 2.18. The number of benzene rings is 1. The normalized spacial score (nSPS) is 18.0. The minimum absolute atomic E-state index is 0.00272. The van der Waals surface area contributed by atoms with Gasteiger partial charge in [-0.15, -0.1) is 0 Å². The van der Waals surface area contributed by atoms with Crippen LogP contribution in [0.5, 0.6) is 0 Å². The maximum atomic E-state index is 13.0. The number of nitrogens with one attached hydrogen (secondary N) is 2. The van der Waals surface area contributed by atoms with E-state index in [9.17, 15) is 4.79 Å². The van der Waals surface area contributed by atoms with Crippen molar-refractivity contribution in [1.29, 1.82) is 0 Å². The van der Waals surface area contributed by atoms with E-state index >= 15 is 0 Å². The van der Waals surface area contributed by atoms with Gasteiger partial charge in [0.2, 0.25) is 5.95 Å². The minimum atomic E-state index is -0.0507. The fraction of sp³-hybridized carbons (Fsp3) is 0.500. The van der Waals surface area contributed by atoms with Gasteiger partial charge in [0.05, 0.1) is 0 Å². The first-order chi connectivity index (χ1) is 15.9. The lowest BCUT2D eigenvalue weighted by Crippen LogP contribution is -2.31. The molecule has 7 nitrogen and oxygen atoms in total. The number of amides is 1. The zero-order valence-corrected chi connectivity index (χ0v) is 20.1. The Labute approximate surface area is 195 Å². The van der Waals surface area contributed by atoms with Crippen molar-refractivity contribution >= 4 is 28.6 Å². The van der Waals surface area contributed by atoms with Gasteiger partial charge in [0, 0.05) is 36.9 Å². The van der Waals surface area contributed by atoms with Crippen molar-refractivity contribution in [2.45, 2.75) is 51.0 Å². The van der Waals surface area contributed by atoms with Crippen LogP contribution in [0.1, 0.15) is 61.5 Å². The van der Waals surface area contributed by atoms with Crippen LogP contribution in [0.3, 0.4) is 0 Å². The highest BCUT2D eigenvalue weighted by atomic mass is 16.2. The van der Waals surface area contributed by atoms with Crippen molar-refractivity contribution in [1.82, 2.24) is 24.8 Å². The molecule has 5 rings (SSSR count). The lowest BCUT2D eigenvalue weighted by Gasteiger charge is -2.26. The molecule has 1 aromatic carbocycles. The van der Waals surface area contributed by atoms with Crippen LogP contribution in [-0.4, -0.2) is 52.5 Å². The summed E-state index contributed by atoms with van der Waals surface area (Å²) in [5.74, 6) is 1.60. The standard InChI is InChI=1S/C26H34N6O/c1-17(2)26(11-12-26)32-22(24(33)31(3)4)15-20-16-28-25(30-23(20)32)29-21-7-5-18(6-8-21)19-9-13-27-14-10-19/h5-8,15-17,19,27H,9-14H2,1-4H3,(H,28,29,30). The molecule has 0 atom stereocenters. The molecule has 3 aromatic rings. The summed E-state index contributed by atoms with van der Waals surface area (Å²) in [5.41, 5.74) is 3.84. The maximum Gasteiger partial charge on any atom is 0.270 e. The number of fused-ring (bicyclic) bond motifs is 1.